The van der Waals surface area contributed by atoms with Crippen molar-refractivity contribution >= 4 is 23.1 Å². The number of benzene rings is 2. The summed E-state index contributed by atoms with van der Waals surface area (Å²) < 4.78 is 45.7. The SMILES string of the molecule is CC1(CCCN2c3ccccc3Sc3ccc(C(F)(F)F)cc32)CCN(CCOCCO)CC1. The highest BCUT2D eigenvalue weighted by Crippen LogP contribution is 2.49. The van der Waals surface area contributed by atoms with Crippen molar-refractivity contribution in [3.8, 4) is 0 Å². The maximum absolute atomic E-state index is 13.4. The van der Waals surface area contributed by atoms with Gasteiger partial charge in [0.05, 0.1) is 36.8 Å². The molecule has 2 heterocycles. The summed E-state index contributed by atoms with van der Waals surface area (Å²) in [6, 6.07) is 12.1. The molecule has 0 amide bonds. The minimum absolute atomic E-state index is 0.0558. The van der Waals surface area contributed by atoms with Crippen LogP contribution in [0.3, 0.4) is 0 Å². The summed E-state index contributed by atoms with van der Waals surface area (Å²) in [5.74, 6) is 0. The number of likely N-dealkylation sites (tertiary alicyclic amines) is 1. The van der Waals surface area contributed by atoms with Crippen molar-refractivity contribution in [3.63, 3.8) is 0 Å². The zero-order chi connectivity index (χ0) is 24.2. The number of aliphatic hydroxyl groups is 1. The molecular weight excluding hydrogens is 461 g/mol. The van der Waals surface area contributed by atoms with Gasteiger partial charge in [-0.2, -0.15) is 13.2 Å². The molecule has 8 heteroatoms. The van der Waals surface area contributed by atoms with Crippen LogP contribution in [0.1, 0.15) is 38.2 Å². The minimum Gasteiger partial charge on any atom is -0.394 e. The fourth-order valence-electron chi connectivity index (χ4n) is 4.84. The fraction of sp³-hybridized carbons (Fsp3) is 0.538. The van der Waals surface area contributed by atoms with E-state index in [4.69, 9.17) is 9.84 Å². The van der Waals surface area contributed by atoms with Crippen LogP contribution < -0.4 is 4.90 Å². The summed E-state index contributed by atoms with van der Waals surface area (Å²) in [5, 5.41) is 8.81. The van der Waals surface area contributed by atoms with Crippen molar-refractivity contribution in [2.24, 2.45) is 5.41 Å². The highest BCUT2D eigenvalue weighted by atomic mass is 32.2. The van der Waals surface area contributed by atoms with E-state index in [1.165, 1.54) is 23.9 Å². The quantitative estimate of drug-likeness (QED) is 0.420. The lowest BCUT2D eigenvalue weighted by Gasteiger charge is -2.40. The number of ether oxygens (including phenoxy) is 1. The highest BCUT2D eigenvalue weighted by molar-refractivity contribution is 7.99. The molecule has 0 aliphatic carbocycles. The molecule has 0 spiro atoms. The number of alkyl halides is 3. The zero-order valence-electron chi connectivity index (χ0n) is 19.6. The Labute approximate surface area is 204 Å². The summed E-state index contributed by atoms with van der Waals surface area (Å²) in [5.41, 5.74) is 1.28. The first kappa shape index (κ1) is 25.4. The van der Waals surface area contributed by atoms with Gasteiger partial charge < -0.3 is 19.6 Å². The number of hydrogen-bond donors (Lipinski definition) is 1. The standard InChI is InChI=1S/C26H33F3N2O2S/c1-25(10-13-30(14-11-25)15-17-33-18-16-32)9-4-12-31-21-5-2-3-6-23(21)34-24-8-7-20(19-22(24)31)26(27,28)29/h2-3,5-8,19,32H,4,9-18H2,1H3. The number of halogens is 3. The largest absolute Gasteiger partial charge is 0.416 e. The Bertz CT molecular complexity index is 961. The van der Waals surface area contributed by atoms with Gasteiger partial charge in [-0.1, -0.05) is 30.8 Å². The monoisotopic (exact) mass is 494 g/mol. The molecule has 2 aromatic rings. The molecule has 0 aromatic heterocycles. The lowest BCUT2D eigenvalue weighted by Crippen LogP contribution is -2.40. The Morgan fingerprint density at radius 3 is 2.47 bits per heavy atom. The van der Waals surface area contributed by atoms with Gasteiger partial charge in [-0.05, 0) is 74.5 Å². The number of anilines is 2. The van der Waals surface area contributed by atoms with E-state index in [0.717, 1.165) is 60.8 Å². The molecular formula is C26H33F3N2O2S. The Balaban J connectivity index is 1.39. The van der Waals surface area contributed by atoms with Gasteiger partial charge in [-0.15, -0.1) is 0 Å². The van der Waals surface area contributed by atoms with Crippen LogP contribution >= 0.6 is 11.8 Å². The Hall–Kier alpha value is -1.74. The molecule has 34 heavy (non-hydrogen) atoms. The minimum atomic E-state index is -4.35. The van der Waals surface area contributed by atoms with Crippen LogP contribution in [0, 0.1) is 5.41 Å². The van der Waals surface area contributed by atoms with Crippen LogP contribution in [0.4, 0.5) is 24.5 Å². The number of hydrogen-bond acceptors (Lipinski definition) is 5. The summed E-state index contributed by atoms with van der Waals surface area (Å²) in [7, 11) is 0. The maximum Gasteiger partial charge on any atom is 0.416 e. The number of para-hydroxylation sites is 1. The molecule has 1 N–H and O–H groups in total. The van der Waals surface area contributed by atoms with Crippen molar-refractivity contribution in [2.45, 2.75) is 48.6 Å². The second kappa shape index (κ2) is 10.9. The molecule has 0 saturated carbocycles. The third kappa shape index (κ3) is 6.08. The molecule has 2 aliphatic rings. The molecule has 2 aliphatic heterocycles. The van der Waals surface area contributed by atoms with Gasteiger partial charge in [0.2, 0.25) is 0 Å². The molecule has 0 atom stereocenters. The van der Waals surface area contributed by atoms with E-state index in [9.17, 15) is 13.2 Å². The lowest BCUT2D eigenvalue weighted by molar-refractivity contribution is -0.137. The molecule has 186 valence electrons. The Morgan fingerprint density at radius 2 is 1.74 bits per heavy atom. The number of piperidine rings is 1. The molecule has 0 unspecified atom stereocenters. The fourth-order valence-corrected chi connectivity index (χ4v) is 5.91. The Morgan fingerprint density at radius 1 is 1.00 bits per heavy atom. The second-order valence-electron chi connectivity index (χ2n) is 9.49. The van der Waals surface area contributed by atoms with Crippen LogP contribution in [0.15, 0.2) is 52.3 Å². The van der Waals surface area contributed by atoms with Crippen LogP contribution in [-0.2, 0) is 10.9 Å². The van der Waals surface area contributed by atoms with E-state index in [2.05, 4.69) is 16.7 Å². The number of aliphatic hydroxyl groups excluding tert-OH is 1. The van der Waals surface area contributed by atoms with Gasteiger partial charge in [-0.3, -0.25) is 0 Å². The third-order valence-electron chi connectivity index (χ3n) is 6.97. The summed E-state index contributed by atoms with van der Waals surface area (Å²) in [6.07, 6.45) is -0.178. The molecule has 1 saturated heterocycles. The topological polar surface area (TPSA) is 35.9 Å². The van der Waals surface area contributed by atoms with Crippen LogP contribution in [0.2, 0.25) is 0 Å². The van der Waals surface area contributed by atoms with Crippen LogP contribution in [0.25, 0.3) is 0 Å². The third-order valence-corrected chi connectivity index (χ3v) is 8.10. The van der Waals surface area contributed by atoms with Gasteiger partial charge >= 0.3 is 6.18 Å². The van der Waals surface area contributed by atoms with E-state index >= 15 is 0 Å². The second-order valence-corrected chi connectivity index (χ2v) is 10.6. The number of fused-ring (bicyclic) bond motifs is 2. The molecule has 2 aromatic carbocycles. The van der Waals surface area contributed by atoms with Crippen LogP contribution in [-0.4, -0.2) is 56.0 Å². The zero-order valence-corrected chi connectivity index (χ0v) is 20.4. The predicted molar refractivity (Wildman–Crippen MR) is 130 cm³/mol. The summed E-state index contributed by atoms with van der Waals surface area (Å²) >= 11 is 1.54. The normalized spacial score (nSPS) is 18.0. The first-order valence-corrected chi connectivity index (χ1v) is 12.8. The molecule has 4 rings (SSSR count). The summed E-state index contributed by atoms with van der Waals surface area (Å²) in [4.78, 5) is 6.44. The molecule has 4 nitrogen and oxygen atoms in total. The highest BCUT2D eigenvalue weighted by Gasteiger charge is 2.34. The average Bonchev–Trinajstić information content (AvgIpc) is 2.82. The van der Waals surface area contributed by atoms with Gasteiger partial charge in [0, 0.05) is 22.9 Å². The van der Waals surface area contributed by atoms with E-state index < -0.39 is 11.7 Å². The molecule has 1 fully saturated rings. The van der Waals surface area contributed by atoms with E-state index in [1.807, 2.05) is 24.3 Å². The van der Waals surface area contributed by atoms with Gasteiger partial charge in [0.25, 0.3) is 0 Å². The van der Waals surface area contributed by atoms with E-state index in [0.29, 0.717) is 25.4 Å². The van der Waals surface area contributed by atoms with Crippen LogP contribution in [0.5, 0.6) is 0 Å². The average molecular weight is 495 g/mol. The number of nitrogens with zero attached hydrogens (tertiary/aromatic N) is 2. The van der Waals surface area contributed by atoms with Crippen molar-refractivity contribution in [1.29, 1.82) is 0 Å². The van der Waals surface area contributed by atoms with Crippen molar-refractivity contribution in [1.82, 2.24) is 4.90 Å². The Kier molecular flexibility index (Phi) is 8.12. The van der Waals surface area contributed by atoms with Gasteiger partial charge in [0.1, 0.15) is 0 Å². The molecule has 0 radical (unpaired) electrons. The lowest BCUT2D eigenvalue weighted by atomic mass is 9.76. The smallest absolute Gasteiger partial charge is 0.394 e. The van der Waals surface area contributed by atoms with Crippen molar-refractivity contribution in [2.75, 3.05) is 50.9 Å². The van der Waals surface area contributed by atoms with Gasteiger partial charge in [0.15, 0.2) is 0 Å². The van der Waals surface area contributed by atoms with Crippen molar-refractivity contribution in [3.05, 3.63) is 48.0 Å². The molecule has 0 bridgehead atoms. The summed E-state index contributed by atoms with van der Waals surface area (Å²) in [6.45, 7) is 7.06. The van der Waals surface area contributed by atoms with E-state index in [-0.39, 0.29) is 12.0 Å². The maximum atomic E-state index is 13.4. The first-order chi connectivity index (χ1) is 16.3. The van der Waals surface area contributed by atoms with Crippen molar-refractivity contribution < 1.29 is 23.0 Å². The van der Waals surface area contributed by atoms with Gasteiger partial charge in [-0.25, -0.2) is 0 Å². The first-order valence-electron chi connectivity index (χ1n) is 12.0. The number of rotatable bonds is 9. The predicted octanol–water partition coefficient (Wildman–Crippen LogP) is 6.20. The van der Waals surface area contributed by atoms with E-state index in [1.54, 1.807) is 6.07 Å².